The fraction of sp³-hybridized carbons (Fsp3) is 0.571. The van der Waals surface area contributed by atoms with Gasteiger partial charge in [0.15, 0.2) is 0 Å². The molecule has 1 unspecified atom stereocenters. The second kappa shape index (κ2) is 5.93. The second-order valence-electron chi connectivity index (χ2n) is 2.63. The monoisotopic (exact) mass is 189 g/mol. The standard InChI is InChI=1S/C7H15NO3Si/c1-6(2)7(9)11-4-3-5-12(8)10/h10,12H,1,3-5,8H2,2H3. The first-order valence-electron chi connectivity index (χ1n) is 3.80. The van der Waals surface area contributed by atoms with Crippen LogP contribution in [0.4, 0.5) is 0 Å². The normalized spacial score (nSPS) is 12.2. The lowest BCUT2D eigenvalue weighted by atomic mass is 10.4. The van der Waals surface area contributed by atoms with E-state index in [0.29, 0.717) is 24.6 Å². The van der Waals surface area contributed by atoms with E-state index in [9.17, 15) is 4.79 Å². The van der Waals surface area contributed by atoms with E-state index in [1.165, 1.54) is 0 Å². The summed E-state index contributed by atoms with van der Waals surface area (Å²) in [6.07, 6.45) is 0.628. The van der Waals surface area contributed by atoms with E-state index in [1.54, 1.807) is 6.92 Å². The zero-order valence-electron chi connectivity index (χ0n) is 7.25. The minimum Gasteiger partial charge on any atom is -0.462 e. The Morgan fingerprint density at radius 3 is 2.75 bits per heavy atom. The molecule has 12 heavy (non-hydrogen) atoms. The average Bonchev–Trinajstić information content (AvgIpc) is 1.97. The number of hydrogen-bond donors (Lipinski definition) is 2. The number of carbonyl (C=O) groups excluding carboxylic acids is 1. The highest BCUT2D eigenvalue weighted by molar-refractivity contribution is 6.46. The number of nitrogens with two attached hydrogens (primary N) is 1. The van der Waals surface area contributed by atoms with Gasteiger partial charge in [-0.15, -0.1) is 0 Å². The number of carbonyl (C=O) groups is 1. The predicted octanol–water partition coefficient (Wildman–Crippen LogP) is -0.333. The van der Waals surface area contributed by atoms with Gasteiger partial charge in [0, 0.05) is 5.57 Å². The van der Waals surface area contributed by atoms with Gasteiger partial charge in [0.1, 0.15) is 0 Å². The van der Waals surface area contributed by atoms with Crippen molar-refractivity contribution in [2.75, 3.05) is 6.61 Å². The Hall–Kier alpha value is -0.653. The summed E-state index contributed by atoms with van der Waals surface area (Å²) in [5.74, 6) is -0.386. The van der Waals surface area contributed by atoms with Crippen molar-refractivity contribution in [2.45, 2.75) is 19.4 Å². The van der Waals surface area contributed by atoms with Crippen molar-refractivity contribution in [2.24, 2.45) is 5.40 Å². The Morgan fingerprint density at radius 1 is 1.75 bits per heavy atom. The van der Waals surface area contributed by atoms with Crippen LogP contribution in [0.5, 0.6) is 0 Å². The quantitative estimate of drug-likeness (QED) is 0.269. The van der Waals surface area contributed by atoms with Crippen LogP contribution in [0.25, 0.3) is 0 Å². The molecule has 0 aromatic rings. The number of rotatable bonds is 5. The highest BCUT2D eigenvalue weighted by atomic mass is 28.3. The topological polar surface area (TPSA) is 72.5 Å². The Morgan fingerprint density at radius 2 is 2.33 bits per heavy atom. The fourth-order valence-corrected chi connectivity index (χ4v) is 1.17. The largest absolute Gasteiger partial charge is 0.462 e. The number of ether oxygens (including phenoxy) is 1. The molecule has 0 aromatic carbocycles. The summed E-state index contributed by atoms with van der Waals surface area (Å²) in [6.45, 7) is 5.33. The molecule has 0 saturated carbocycles. The van der Waals surface area contributed by atoms with Crippen LogP contribution >= 0.6 is 0 Å². The third-order valence-corrected chi connectivity index (χ3v) is 2.23. The van der Waals surface area contributed by atoms with Gasteiger partial charge in [-0.3, -0.25) is 0 Å². The van der Waals surface area contributed by atoms with Gasteiger partial charge in [0.05, 0.1) is 6.61 Å². The van der Waals surface area contributed by atoms with Crippen molar-refractivity contribution in [1.29, 1.82) is 0 Å². The molecule has 0 fully saturated rings. The van der Waals surface area contributed by atoms with Gasteiger partial charge < -0.3 is 14.9 Å². The van der Waals surface area contributed by atoms with Crippen LogP contribution in [-0.4, -0.2) is 26.6 Å². The van der Waals surface area contributed by atoms with Gasteiger partial charge >= 0.3 is 5.97 Å². The zero-order chi connectivity index (χ0) is 9.56. The Bertz CT molecular complexity index is 170. The summed E-state index contributed by atoms with van der Waals surface area (Å²) in [5.41, 5.74) is 0.389. The lowest BCUT2D eigenvalue weighted by Gasteiger charge is -2.04. The molecule has 0 aromatic heterocycles. The highest BCUT2D eigenvalue weighted by Gasteiger charge is 2.03. The maximum atomic E-state index is 10.8. The Labute approximate surface area is 73.8 Å². The maximum Gasteiger partial charge on any atom is 0.333 e. The average molecular weight is 189 g/mol. The Kier molecular flexibility index (Phi) is 5.61. The van der Waals surface area contributed by atoms with Crippen LogP contribution < -0.4 is 5.40 Å². The van der Waals surface area contributed by atoms with E-state index in [2.05, 4.69) is 6.58 Å². The summed E-state index contributed by atoms with van der Waals surface area (Å²) in [4.78, 5) is 19.6. The lowest BCUT2D eigenvalue weighted by Crippen LogP contribution is -2.25. The maximum absolute atomic E-state index is 10.8. The summed E-state index contributed by atoms with van der Waals surface area (Å²) in [5, 5.41) is 5.21. The third kappa shape index (κ3) is 6.08. The van der Waals surface area contributed by atoms with E-state index >= 15 is 0 Å². The zero-order valence-corrected chi connectivity index (χ0v) is 8.40. The molecule has 4 nitrogen and oxygen atoms in total. The van der Waals surface area contributed by atoms with Crippen LogP contribution in [0.2, 0.25) is 6.04 Å². The molecule has 3 N–H and O–H groups in total. The third-order valence-electron chi connectivity index (χ3n) is 1.23. The van der Waals surface area contributed by atoms with Crippen molar-refractivity contribution in [3.8, 4) is 0 Å². The number of esters is 1. The van der Waals surface area contributed by atoms with Gasteiger partial charge in [0.25, 0.3) is 0 Å². The van der Waals surface area contributed by atoms with E-state index in [-0.39, 0.29) is 5.97 Å². The SMILES string of the molecule is C=C(C)C(=O)OCCC[SiH](N)O. The molecule has 0 aliphatic rings. The molecule has 0 bridgehead atoms. The second-order valence-corrected chi connectivity index (χ2v) is 4.34. The molecule has 0 aliphatic heterocycles. The molecule has 0 spiro atoms. The van der Waals surface area contributed by atoms with Crippen molar-refractivity contribution >= 4 is 15.2 Å². The lowest BCUT2D eigenvalue weighted by molar-refractivity contribution is -0.138. The Balaban J connectivity index is 3.32. The minimum atomic E-state index is -1.97. The molecule has 0 aliphatic carbocycles. The number of hydrogen-bond acceptors (Lipinski definition) is 4. The molecule has 5 heteroatoms. The van der Waals surface area contributed by atoms with E-state index in [1.807, 2.05) is 0 Å². The summed E-state index contributed by atoms with van der Waals surface area (Å²) >= 11 is 0. The molecule has 0 saturated heterocycles. The van der Waals surface area contributed by atoms with Crippen molar-refractivity contribution in [1.82, 2.24) is 0 Å². The molecule has 0 amide bonds. The molecular weight excluding hydrogens is 174 g/mol. The predicted molar refractivity (Wildman–Crippen MR) is 48.8 cm³/mol. The van der Waals surface area contributed by atoms with Gasteiger partial charge in [-0.1, -0.05) is 6.58 Å². The summed E-state index contributed by atoms with van der Waals surface area (Å²) in [6, 6.07) is 0.573. The molecule has 70 valence electrons. The van der Waals surface area contributed by atoms with Gasteiger partial charge in [0.2, 0.25) is 9.20 Å². The van der Waals surface area contributed by atoms with Crippen molar-refractivity contribution < 1.29 is 14.3 Å². The first-order chi connectivity index (χ1) is 5.54. The van der Waals surface area contributed by atoms with E-state index < -0.39 is 9.20 Å². The van der Waals surface area contributed by atoms with Crippen LogP contribution in [0, 0.1) is 0 Å². The molecule has 1 atom stereocenters. The highest BCUT2D eigenvalue weighted by Crippen LogP contribution is 1.96. The first kappa shape index (κ1) is 11.3. The van der Waals surface area contributed by atoms with E-state index in [0.717, 1.165) is 0 Å². The van der Waals surface area contributed by atoms with Crippen LogP contribution in [0.3, 0.4) is 0 Å². The van der Waals surface area contributed by atoms with Crippen LogP contribution in [0.15, 0.2) is 12.2 Å². The molecule has 0 rings (SSSR count). The van der Waals surface area contributed by atoms with Crippen LogP contribution in [0.1, 0.15) is 13.3 Å². The smallest absolute Gasteiger partial charge is 0.333 e. The molecular formula is C7H15NO3Si. The van der Waals surface area contributed by atoms with E-state index in [4.69, 9.17) is 14.9 Å². The molecule has 0 radical (unpaired) electrons. The van der Waals surface area contributed by atoms with Gasteiger partial charge in [-0.05, 0) is 19.4 Å². The molecule has 0 heterocycles. The first-order valence-corrected chi connectivity index (χ1v) is 5.80. The van der Waals surface area contributed by atoms with Crippen LogP contribution in [-0.2, 0) is 9.53 Å². The van der Waals surface area contributed by atoms with Crippen molar-refractivity contribution in [3.05, 3.63) is 12.2 Å². The minimum absolute atomic E-state index is 0.312. The summed E-state index contributed by atoms with van der Waals surface area (Å²) in [7, 11) is -1.97. The van der Waals surface area contributed by atoms with Gasteiger partial charge in [-0.25, -0.2) is 4.79 Å². The van der Waals surface area contributed by atoms with Gasteiger partial charge in [-0.2, -0.15) is 0 Å². The van der Waals surface area contributed by atoms with Crippen molar-refractivity contribution in [3.63, 3.8) is 0 Å². The fourth-order valence-electron chi connectivity index (χ4n) is 0.581. The summed E-state index contributed by atoms with van der Waals surface area (Å²) < 4.78 is 4.77.